The van der Waals surface area contributed by atoms with Gasteiger partial charge in [0, 0.05) is 30.4 Å². The van der Waals surface area contributed by atoms with Crippen LogP contribution in [0.1, 0.15) is 37.8 Å². The van der Waals surface area contributed by atoms with E-state index in [1.807, 2.05) is 61.5 Å². The average Bonchev–Trinajstić information content (AvgIpc) is 2.68. The third-order valence-corrected chi connectivity index (χ3v) is 4.89. The maximum absolute atomic E-state index is 12.6. The van der Waals surface area contributed by atoms with Gasteiger partial charge in [-0.1, -0.05) is 43.3 Å². The van der Waals surface area contributed by atoms with E-state index in [1.165, 1.54) is 0 Å². The van der Waals surface area contributed by atoms with Gasteiger partial charge in [-0.3, -0.25) is 9.59 Å². The molecule has 2 aromatic carbocycles. The highest BCUT2D eigenvalue weighted by Crippen LogP contribution is 2.25. The number of anilines is 2. The summed E-state index contributed by atoms with van der Waals surface area (Å²) in [7, 11) is 0. The number of benzene rings is 2. The summed E-state index contributed by atoms with van der Waals surface area (Å²) in [6.45, 7) is 2.55. The second-order valence-electron chi connectivity index (χ2n) is 6.77. The van der Waals surface area contributed by atoms with Gasteiger partial charge in [-0.05, 0) is 36.6 Å². The lowest BCUT2D eigenvalue weighted by Gasteiger charge is -2.27. The fourth-order valence-electron chi connectivity index (χ4n) is 3.21. The van der Waals surface area contributed by atoms with E-state index in [-0.39, 0.29) is 23.8 Å². The highest BCUT2D eigenvalue weighted by molar-refractivity contribution is 5.96. The molecule has 5 nitrogen and oxygen atoms in total. The van der Waals surface area contributed by atoms with Gasteiger partial charge >= 0.3 is 0 Å². The quantitative estimate of drug-likeness (QED) is 0.866. The fraction of sp³-hybridized carbons (Fsp3) is 0.333. The molecule has 1 fully saturated rings. The Morgan fingerprint density at radius 1 is 1.12 bits per heavy atom. The van der Waals surface area contributed by atoms with Crippen LogP contribution >= 0.6 is 0 Å². The lowest BCUT2D eigenvalue weighted by Crippen LogP contribution is -2.35. The van der Waals surface area contributed by atoms with Crippen LogP contribution in [0.4, 0.5) is 11.4 Å². The van der Waals surface area contributed by atoms with Crippen molar-refractivity contribution in [1.29, 1.82) is 0 Å². The molecule has 3 N–H and O–H groups in total. The molecule has 0 aromatic heterocycles. The third kappa shape index (κ3) is 4.11. The van der Waals surface area contributed by atoms with E-state index in [2.05, 4.69) is 5.32 Å². The Kier molecular flexibility index (Phi) is 5.68. The topological polar surface area (TPSA) is 75.4 Å². The first-order chi connectivity index (χ1) is 12.6. The smallest absolute Gasteiger partial charge is 0.229 e. The predicted octanol–water partition coefficient (Wildman–Crippen LogP) is 3.48. The molecule has 0 aliphatic carbocycles. The van der Waals surface area contributed by atoms with Crippen molar-refractivity contribution >= 4 is 23.2 Å². The van der Waals surface area contributed by atoms with Crippen molar-refractivity contribution in [1.82, 2.24) is 0 Å². The summed E-state index contributed by atoms with van der Waals surface area (Å²) in [6, 6.07) is 16.7. The summed E-state index contributed by atoms with van der Waals surface area (Å²) >= 11 is 0. The summed E-state index contributed by atoms with van der Waals surface area (Å²) in [5.41, 5.74) is 8.68. The molecule has 2 atom stereocenters. The van der Waals surface area contributed by atoms with Crippen molar-refractivity contribution in [2.45, 2.75) is 32.2 Å². The van der Waals surface area contributed by atoms with Gasteiger partial charge in [-0.15, -0.1) is 0 Å². The molecular formula is C21H25N3O2. The summed E-state index contributed by atoms with van der Waals surface area (Å²) in [5.74, 6) is -0.375. The van der Waals surface area contributed by atoms with E-state index < -0.39 is 0 Å². The first kappa shape index (κ1) is 18.1. The fourth-order valence-corrected chi connectivity index (χ4v) is 3.21. The van der Waals surface area contributed by atoms with Crippen LogP contribution in [0.2, 0.25) is 0 Å². The number of piperidine rings is 1. The Morgan fingerprint density at radius 2 is 1.88 bits per heavy atom. The van der Waals surface area contributed by atoms with Gasteiger partial charge < -0.3 is 16.0 Å². The van der Waals surface area contributed by atoms with Gasteiger partial charge in [-0.2, -0.15) is 0 Å². The summed E-state index contributed by atoms with van der Waals surface area (Å²) in [4.78, 5) is 26.5. The van der Waals surface area contributed by atoms with Gasteiger partial charge in [0.05, 0.1) is 5.92 Å². The van der Waals surface area contributed by atoms with Crippen molar-refractivity contribution in [2.24, 2.45) is 11.7 Å². The molecule has 0 radical (unpaired) electrons. The minimum atomic E-state index is -0.377. The first-order valence-corrected chi connectivity index (χ1v) is 9.08. The average molecular weight is 351 g/mol. The molecular weight excluding hydrogens is 326 g/mol. The van der Waals surface area contributed by atoms with Crippen LogP contribution in [0.5, 0.6) is 0 Å². The van der Waals surface area contributed by atoms with E-state index in [9.17, 15) is 9.59 Å². The number of nitrogens with zero attached hydrogens (tertiary/aromatic N) is 1. The van der Waals surface area contributed by atoms with Gasteiger partial charge in [0.15, 0.2) is 0 Å². The van der Waals surface area contributed by atoms with Crippen LogP contribution in [-0.4, -0.2) is 18.4 Å². The van der Waals surface area contributed by atoms with Crippen molar-refractivity contribution in [2.75, 3.05) is 16.8 Å². The highest BCUT2D eigenvalue weighted by atomic mass is 16.2. The van der Waals surface area contributed by atoms with Gasteiger partial charge in [0.25, 0.3) is 0 Å². The van der Waals surface area contributed by atoms with Crippen LogP contribution in [0, 0.1) is 5.92 Å². The van der Waals surface area contributed by atoms with Gasteiger partial charge in [0.2, 0.25) is 11.8 Å². The van der Waals surface area contributed by atoms with E-state index in [0.717, 1.165) is 30.6 Å². The Balaban J connectivity index is 1.69. The van der Waals surface area contributed by atoms with Crippen LogP contribution in [0.15, 0.2) is 54.6 Å². The summed E-state index contributed by atoms with van der Waals surface area (Å²) < 4.78 is 0. The normalized spacial score (nSPS) is 16.8. The number of hydrogen-bond donors (Lipinski definition) is 2. The number of nitrogens with one attached hydrogen (secondary N) is 1. The molecule has 0 bridgehead atoms. The number of carbonyl (C=O) groups excluding carboxylic acids is 2. The SMILES string of the molecule is CC(C(=O)Nc1cccc(N2CCCCC2=O)c1)C(N)c1ccccc1. The zero-order chi connectivity index (χ0) is 18.5. The van der Waals surface area contributed by atoms with E-state index in [0.29, 0.717) is 12.1 Å². The number of nitrogens with two attached hydrogens (primary N) is 1. The lowest BCUT2D eigenvalue weighted by molar-refractivity contribution is -0.120. The van der Waals surface area contributed by atoms with Gasteiger partial charge in [-0.25, -0.2) is 0 Å². The molecule has 1 aliphatic rings. The first-order valence-electron chi connectivity index (χ1n) is 9.08. The van der Waals surface area contributed by atoms with Crippen LogP contribution in [0.25, 0.3) is 0 Å². The van der Waals surface area contributed by atoms with Crippen molar-refractivity contribution in [3.63, 3.8) is 0 Å². The molecule has 2 amide bonds. The Labute approximate surface area is 154 Å². The maximum atomic E-state index is 12.6. The summed E-state index contributed by atoms with van der Waals surface area (Å²) in [6.07, 6.45) is 2.53. The number of hydrogen-bond acceptors (Lipinski definition) is 3. The predicted molar refractivity (Wildman–Crippen MR) is 104 cm³/mol. The highest BCUT2D eigenvalue weighted by Gasteiger charge is 2.23. The minimum absolute atomic E-state index is 0.136. The Hall–Kier alpha value is -2.66. The van der Waals surface area contributed by atoms with Crippen LogP contribution < -0.4 is 16.0 Å². The molecule has 26 heavy (non-hydrogen) atoms. The lowest BCUT2D eigenvalue weighted by atomic mass is 9.94. The molecule has 3 rings (SSSR count). The standard InChI is InChI=1S/C21H25N3O2/c1-15(20(22)16-8-3-2-4-9-16)21(26)23-17-10-7-11-18(14-17)24-13-6-5-12-19(24)25/h2-4,7-11,14-15,20H,5-6,12-13,22H2,1H3,(H,23,26). The van der Waals surface area contributed by atoms with E-state index in [1.54, 1.807) is 4.90 Å². The van der Waals surface area contributed by atoms with Crippen LogP contribution in [0.3, 0.4) is 0 Å². The molecule has 0 saturated carbocycles. The number of amides is 2. The van der Waals surface area contributed by atoms with Crippen molar-refractivity contribution in [3.8, 4) is 0 Å². The third-order valence-electron chi connectivity index (χ3n) is 4.89. The molecule has 5 heteroatoms. The largest absolute Gasteiger partial charge is 0.326 e. The van der Waals surface area contributed by atoms with Crippen molar-refractivity contribution in [3.05, 3.63) is 60.2 Å². The Bertz CT molecular complexity index is 776. The molecule has 0 spiro atoms. The zero-order valence-corrected chi connectivity index (χ0v) is 15.0. The second kappa shape index (κ2) is 8.15. The second-order valence-corrected chi connectivity index (χ2v) is 6.77. The molecule has 1 aliphatic heterocycles. The maximum Gasteiger partial charge on any atom is 0.229 e. The summed E-state index contributed by atoms with van der Waals surface area (Å²) in [5, 5.41) is 2.93. The molecule has 1 heterocycles. The molecule has 136 valence electrons. The molecule has 2 aromatic rings. The van der Waals surface area contributed by atoms with Crippen LogP contribution in [-0.2, 0) is 9.59 Å². The molecule has 2 unspecified atom stereocenters. The van der Waals surface area contributed by atoms with Gasteiger partial charge in [0.1, 0.15) is 0 Å². The van der Waals surface area contributed by atoms with E-state index in [4.69, 9.17) is 5.73 Å². The Morgan fingerprint density at radius 3 is 2.62 bits per heavy atom. The van der Waals surface area contributed by atoms with E-state index >= 15 is 0 Å². The minimum Gasteiger partial charge on any atom is -0.326 e. The molecule has 1 saturated heterocycles. The number of carbonyl (C=O) groups is 2. The monoisotopic (exact) mass is 351 g/mol. The number of rotatable bonds is 5. The van der Waals surface area contributed by atoms with Crippen molar-refractivity contribution < 1.29 is 9.59 Å². The zero-order valence-electron chi connectivity index (χ0n) is 15.0.